The largest absolute Gasteiger partial charge is 0.305 e. The first-order valence-electron chi connectivity index (χ1n) is 5.89. The van der Waals surface area contributed by atoms with E-state index in [-0.39, 0.29) is 0 Å². The minimum Gasteiger partial charge on any atom is -0.305 e. The van der Waals surface area contributed by atoms with Gasteiger partial charge in [-0.05, 0) is 66.8 Å². The monoisotopic (exact) mass is 330 g/mol. The van der Waals surface area contributed by atoms with Crippen molar-refractivity contribution in [2.75, 3.05) is 33.2 Å². The van der Waals surface area contributed by atoms with Gasteiger partial charge in [0.15, 0.2) is 0 Å². The van der Waals surface area contributed by atoms with E-state index in [1.807, 2.05) is 0 Å². The lowest BCUT2D eigenvalue weighted by atomic mass is 10.2. The van der Waals surface area contributed by atoms with E-state index in [0.717, 1.165) is 6.54 Å². The van der Waals surface area contributed by atoms with Crippen molar-refractivity contribution >= 4 is 22.6 Å². The van der Waals surface area contributed by atoms with Gasteiger partial charge < -0.3 is 4.90 Å². The number of hydrogen-bond acceptors (Lipinski definition) is 2. The van der Waals surface area contributed by atoms with E-state index < -0.39 is 0 Å². The molecular formula is C13H19IN2. The first-order chi connectivity index (χ1) is 7.74. The van der Waals surface area contributed by atoms with E-state index >= 15 is 0 Å². The fourth-order valence-corrected chi connectivity index (χ4v) is 2.47. The molecule has 3 heteroatoms. The number of nitrogens with zero attached hydrogens (tertiary/aromatic N) is 2. The summed E-state index contributed by atoms with van der Waals surface area (Å²) in [6, 6.07) is 8.88. The molecule has 0 aromatic heterocycles. The standard InChI is InChI=1S/C13H19IN2/c1-15-7-2-8-16(10-9-15)11-12-3-5-13(14)6-4-12/h3-6H,2,7-11H2,1H3. The molecule has 2 rings (SSSR count). The Balaban J connectivity index is 1.91. The van der Waals surface area contributed by atoms with Crippen molar-refractivity contribution in [2.45, 2.75) is 13.0 Å². The molecule has 1 aromatic carbocycles. The van der Waals surface area contributed by atoms with Crippen molar-refractivity contribution in [2.24, 2.45) is 0 Å². The lowest BCUT2D eigenvalue weighted by Gasteiger charge is -2.20. The molecule has 1 aliphatic heterocycles. The molecule has 0 aliphatic carbocycles. The van der Waals surface area contributed by atoms with Crippen LogP contribution in [-0.2, 0) is 6.54 Å². The van der Waals surface area contributed by atoms with Crippen LogP contribution in [0.15, 0.2) is 24.3 Å². The van der Waals surface area contributed by atoms with Gasteiger partial charge in [0.2, 0.25) is 0 Å². The van der Waals surface area contributed by atoms with E-state index in [4.69, 9.17) is 0 Å². The predicted molar refractivity (Wildman–Crippen MR) is 76.6 cm³/mol. The zero-order chi connectivity index (χ0) is 11.4. The van der Waals surface area contributed by atoms with Crippen LogP contribution in [0.5, 0.6) is 0 Å². The highest BCUT2D eigenvalue weighted by Crippen LogP contribution is 2.11. The van der Waals surface area contributed by atoms with Crippen LogP contribution >= 0.6 is 22.6 Å². The van der Waals surface area contributed by atoms with Gasteiger partial charge in [0.25, 0.3) is 0 Å². The Kier molecular flexibility index (Phi) is 4.61. The highest BCUT2D eigenvalue weighted by atomic mass is 127. The van der Waals surface area contributed by atoms with Crippen molar-refractivity contribution in [3.8, 4) is 0 Å². The first kappa shape index (κ1) is 12.3. The second kappa shape index (κ2) is 5.98. The normalized spacial score (nSPS) is 19.6. The molecule has 0 amide bonds. The zero-order valence-electron chi connectivity index (χ0n) is 9.82. The third-order valence-corrected chi connectivity index (χ3v) is 3.85. The highest BCUT2D eigenvalue weighted by Gasteiger charge is 2.11. The predicted octanol–water partition coefficient (Wildman–Crippen LogP) is 2.43. The number of rotatable bonds is 2. The Morgan fingerprint density at radius 3 is 2.56 bits per heavy atom. The maximum atomic E-state index is 2.56. The van der Waals surface area contributed by atoms with Gasteiger partial charge in [-0.25, -0.2) is 0 Å². The van der Waals surface area contributed by atoms with Crippen LogP contribution in [0, 0.1) is 3.57 Å². The van der Waals surface area contributed by atoms with Crippen LogP contribution in [0.2, 0.25) is 0 Å². The lowest BCUT2D eigenvalue weighted by Crippen LogP contribution is -2.28. The third kappa shape index (κ3) is 3.71. The van der Waals surface area contributed by atoms with Gasteiger partial charge in [-0.3, -0.25) is 4.90 Å². The van der Waals surface area contributed by atoms with Gasteiger partial charge in [-0.2, -0.15) is 0 Å². The van der Waals surface area contributed by atoms with E-state index in [2.05, 4.69) is 63.7 Å². The summed E-state index contributed by atoms with van der Waals surface area (Å²) in [5, 5.41) is 0. The highest BCUT2D eigenvalue weighted by molar-refractivity contribution is 14.1. The maximum Gasteiger partial charge on any atom is 0.0234 e. The second-order valence-electron chi connectivity index (χ2n) is 4.56. The minimum atomic E-state index is 1.10. The molecule has 1 heterocycles. The van der Waals surface area contributed by atoms with Gasteiger partial charge in [-0.15, -0.1) is 0 Å². The van der Waals surface area contributed by atoms with E-state index in [1.165, 1.54) is 41.7 Å². The van der Waals surface area contributed by atoms with Crippen molar-refractivity contribution in [3.05, 3.63) is 33.4 Å². The molecule has 16 heavy (non-hydrogen) atoms. The average molecular weight is 330 g/mol. The Morgan fingerprint density at radius 2 is 1.81 bits per heavy atom. The van der Waals surface area contributed by atoms with Crippen LogP contribution in [0.4, 0.5) is 0 Å². The van der Waals surface area contributed by atoms with Crippen molar-refractivity contribution in [3.63, 3.8) is 0 Å². The molecule has 0 saturated carbocycles. The van der Waals surface area contributed by atoms with E-state index in [0.29, 0.717) is 0 Å². The van der Waals surface area contributed by atoms with Crippen LogP contribution in [-0.4, -0.2) is 43.0 Å². The Bertz CT molecular complexity index is 323. The Hall–Kier alpha value is -0.130. The maximum absolute atomic E-state index is 2.56. The van der Waals surface area contributed by atoms with Crippen molar-refractivity contribution in [1.29, 1.82) is 0 Å². The summed E-state index contributed by atoms with van der Waals surface area (Å²) in [4.78, 5) is 4.99. The quantitative estimate of drug-likeness (QED) is 0.769. The molecule has 0 unspecified atom stereocenters. The average Bonchev–Trinajstić information content (AvgIpc) is 2.47. The van der Waals surface area contributed by atoms with Gasteiger partial charge >= 0.3 is 0 Å². The Morgan fingerprint density at radius 1 is 1.06 bits per heavy atom. The molecule has 0 radical (unpaired) electrons. The van der Waals surface area contributed by atoms with Gasteiger partial charge in [-0.1, -0.05) is 12.1 Å². The third-order valence-electron chi connectivity index (χ3n) is 3.13. The number of likely N-dealkylation sites (N-methyl/N-ethyl adjacent to an activating group) is 1. The lowest BCUT2D eigenvalue weighted by molar-refractivity contribution is 0.269. The molecule has 1 fully saturated rings. The van der Waals surface area contributed by atoms with Crippen LogP contribution in [0.25, 0.3) is 0 Å². The molecule has 0 N–H and O–H groups in total. The van der Waals surface area contributed by atoms with Crippen LogP contribution in [0.3, 0.4) is 0 Å². The zero-order valence-corrected chi connectivity index (χ0v) is 12.0. The summed E-state index contributed by atoms with van der Waals surface area (Å²) in [6.07, 6.45) is 1.29. The smallest absolute Gasteiger partial charge is 0.0234 e. The molecule has 88 valence electrons. The van der Waals surface area contributed by atoms with Crippen molar-refractivity contribution in [1.82, 2.24) is 9.80 Å². The summed E-state index contributed by atoms with van der Waals surface area (Å²) < 4.78 is 1.32. The molecule has 0 atom stereocenters. The second-order valence-corrected chi connectivity index (χ2v) is 5.81. The van der Waals surface area contributed by atoms with E-state index in [9.17, 15) is 0 Å². The van der Waals surface area contributed by atoms with Crippen molar-refractivity contribution < 1.29 is 0 Å². The fourth-order valence-electron chi connectivity index (χ4n) is 2.11. The Labute approximate surface area is 112 Å². The molecule has 0 spiro atoms. The van der Waals surface area contributed by atoms with Gasteiger partial charge in [0.1, 0.15) is 0 Å². The summed E-state index contributed by atoms with van der Waals surface area (Å²) in [5.74, 6) is 0. The first-order valence-corrected chi connectivity index (χ1v) is 6.97. The molecule has 1 saturated heterocycles. The van der Waals surface area contributed by atoms with Crippen LogP contribution < -0.4 is 0 Å². The molecule has 1 aromatic rings. The topological polar surface area (TPSA) is 6.48 Å². The number of hydrogen-bond donors (Lipinski definition) is 0. The molecule has 0 bridgehead atoms. The molecule has 1 aliphatic rings. The minimum absolute atomic E-state index is 1.10. The number of benzene rings is 1. The number of halogens is 1. The molecule has 2 nitrogen and oxygen atoms in total. The van der Waals surface area contributed by atoms with Gasteiger partial charge in [0, 0.05) is 23.2 Å². The van der Waals surface area contributed by atoms with Crippen LogP contribution in [0.1, 0.15) is 12.0 Å². The summed E-state index contributed by atoms with van der Waals surface area (Å²) >= 11 is 2.36. The fraction of sp³-hybridized carbons (Fsp3) is 0.538. The summed E-state index contributed by atoms with van der Waals surface area (Å²) in [6.45, 7) is 5.97. The molecular weight excluding hydrogens is 311 g/mol. The van der Waals surface area contributed by atoms with E-state index in [1.54, 1.807) is 0 Å². The SMILES string of the molecule is CN1CCCN(Cc2ccc(I)cc2)CC1. The van der Waals surface area contributed by atoms with Gasteiger partial charge in [0.05, 0.1) is 0 Å². The summed E-state index contributed by atoms with van der Waals surface area (Å²) in [5.41, 5.74) is 1.44. The summed E-state index contributed by atoms with van der Waals surface area (Å²) in [7, 11) is 2.22.